The van der Waals surface area contributed by atoms with Gasteiger partial charge in [0, 0.05) is 6.04 Å². The first-order chi connectivity index (χ1) is 8.54. The molecule has 1 heteroatoms. The molecule has 0 fully saturated rings. The van der Waals surface area contributed by atoms with Crippen LogP contribution in [0.2, 0.25) is 0 Å². The molecule has 0 aliphatic rings. The fraction of sp³-hybridized carbons (Fsp3) is 0.647. The third-order valence-corrected chi connectivity index (χ3v) is 3.88. The lowest BCUT2D eigenvalue weighted by molar-refractivity contribution is 0.297. The first kappa shape index (κ1) is 15.2. The van der Waals surface area contributed by atoms with Crippen molar-refractivity contribution in [3.8, 4) is 0 Å². The fourth-order valence-corrected chi connectivity index (χ4v) is 2.33. The quantitative estimate of drug-likeness (QED) is 0.761. The number of benzene rings is 1. The Morgan fingerprint density at radius 3 is 2.44 bits per heavy atom. The Hall–Kier alpha value is -0.820. The summed E-state index contributed by atoms with van der Waals surface area (Å²) in [6, 6.07) is 9.49. The third-order valence-electron chi connectivity index (χ3n) is 3.88. The average molecular weight is 247 g/mol. The Morgan fingerprint density at radius 2 is 1.89 bits per heavy atom. The minimum Gasteiger partial charge on any atom is -0.313 e. The van der Waals surface area contributed by atoms with Crippen molar-refractivity contribution in [3.63, 3.8) is 0 Å². The summed E-state index contributed by atoms with van der Waals surface area (Å²) in [5.74, 6) is 1.43. The van der Waals surface area contributed by atoms with E-state index in [1.807, 2.05) is 0 Å². The van der Waals surface area contributed by atoms with Crippen molar-refractivity contribution in [2.75, 3.05) is 6.54 Å². The summed E-state index contributed by atoms with van der Waals surface area (Å²) in [6.45, 7) is 12.5. The molecule has 1 aromatic rings. The SMILES string of the molecule is CCCNC(Cc1cccc(C)c1)C(C)C(C)C. The predicted molar refractivity (Wildman–Crippen MR) is 81.0 cm³/mol. The molecule has 18 heavy (non-hydrogen) atoms. The molecule has 0 bridgehead atoms. The van der Waals surface area contributed by atoms with E-state index in [4.69, 9.17) is 0 Å². The van der Waals surface area contributed by atoms with Gasteiger partial charge in [-0.1, -0.05) is 57.5 Å². The lowest BCUT2D eigenvalue weighted by Crippen LogP contribution is -2.39. The molecule has 0 heterocycles. The van der Waals surface area contributed by atoms with Gasteiger partial charge in [0.25, 0.3) is 0 Å². The molecule has 0 saturated heterocycles. The Kier molecular flexibility index (Phi) is 6.42. The molecule has 1 nitrogen and oxygen atoms in total. The van der Waals surface area contributed by atoms with Crippen LogP contribution in [0, 0.1) is 18.8 Å². The Bertz CT molecular complexity index is 343. The van der Waals surface area contributed by atoms with E-state index in [0.29, 0.717) is 12.0 Å². The zero-order valence-electron chi connectivity index (χ0n) is 12.7. The van der Waals surface area contributed by atoms with Crippen LogP contribution in [0.1, 0.15) is 45.2 Å². The molecule has 1 N–H and O–H groups in total. The molecule has 0 radical (unpaired) electrons. The van der Waals surface area contributed by atoms with E-state index in [0.717, 1.165) is 18.9 Å². The van der Waals surface area contributed by atoms with Crippen LogP contribution in [0.15, 0.2) is 24.3 Å². The van der Waals surface area contributed by atoms with E-state index < -0.39 is 0 Å². The van der Waals surface area contributed by atoms with Crippen LogP contribution in [-0.2, 0) is 6.42 Å². The second-order valence-electron chi connectivity index (χ2n) is 5.86. The highest BCUT2D eigenvalue weighted by Crippen LogP contribution is 2.19. The highest BCUT2D eigenvalue weighted by atomic mass is 14.9. The minimum atomic E-state index is 0.590. The maximum absolute atomic E-state index is 3.72. The summed E-state index contributed by atoms with van der Waals surface area (Å²) < 4.78 is 0. The average Bonchev–Trinajstić information content (AvgIpc) is 2.33. The molecule has 2 unspecified atom stereocenters. The summed E-state index contributed by atoms with van der Waals surface area (Å²) in [5.41, 5.74) is 2.81. The number of aryl methyl sites for hydroxylation is 1. The van der Waals surface area contributed by atoms with Crippen LogP contribution >= 0.6 is 0 Å². The minimum absolute atomic E-state index is 0.590. The molecule has 0 aliphatic carbocycles. The highest BCUT2D eigenvalue weighted by molar-refractivity contribution is 5.23. The van der Waals surface area contributed by atoms with E-state index in [-0.39, 0.29) is 0 Å². The molecule has 102 valence electrons. The zero-order chi connectivity index (χ0) is 13.5. The maximum atomic E-state index is 3.72. The third kappa shape index (κ3) is 4.81. The van der Waals surface area contributed by atoms with Gasteiger partial charge in [0.05, 0.1) is 0 Å². The van der Waals surface area contributed by atoms with Gasteiger partial charge in [0.1, 0.15) is 0 Å². The van der Waals surface area contributed by atoms with Crippen molar-refractivity contribution in [1.82, 2.24) is 5.32 Å². The Labute approximate surface area is 113 Å². The van der Waals surface area contributed by atoms with Gasteiger partial charge in [-0.15, -0.1) is 0 Å². The van der Waals surface area contributed by atoms with Crippen LogP contribution in [-0.4, -0.2) is 12.6 Å². The normalized spacial score (nSPS) is 14.8. The standard InChI is InChI=1S/C17H29N/c1-6-10-18-17(15(5)13(2)3)12-16-9-7-8-14(4)11-16/h7-9,11,13,15,17-18H,6,10,12H2,1-5H3. The Balaban J connectivity index is 2.71. The topological polar surface area (TPSA) is 12.0 Å². The van der Waals surface area contributed by atoms with Gasteiger partial charge in [0.2, 0.25) is 0 Å². The summed E-state index contributed by atoms with van der Waals surface area (Å²) in [7, 11) is 0. The van der Waals surface area contributed by atoms with E-state index in [2.05, 4.69) is 64.2 Å². The smallest absolute Gasteiger partial charge is 0.0135 e. The summed E-state index contributed by atoms with van der Waals surface area (Å²) >= 11 is 0. The second kappa shape index (κ2) is 7.58. The van der Waals surface area contributed by atoms with Gasteiger partial charge >= 0.3 is 0 Å². The molecule has 0 spiro atoms. The number of hydrogen-bond acceptors (Lipinski definition) is 1. The Morgan fingerprint density at radius 1 is 1.17 bits per heavy atom. The van der Waals surface area contributed by atoms with Crippen molar-refractivity contribution >= 4 is 0 Å². The van der Waals surface area contributed by atoms with Gasteiger partial charge in [-0.25, -0.2) is 0 Å². The molecule has 0 aromatic heterocycles. The van der Waals surface area contributed by atoms with E-state index in [1.54, 1.807) is 0 Å². The first-order valence-corrected chi connectivity index (χ1v) is 7.33. The van der Waals surface area contributed by atoms with Crippen molar-refractivity contribution in [3.05, 3.63) is 35.4 Å². The van der Waals surface area contributed by atoms with Gasteiger partial charge in [-0.3, -0.25) is 0 Å². The van der Waals surface area contributed by atoms with Crippen LogP contribution in [0.3, 0.4) is 0 Å². The van der Waals surface area contributed by atoms with Crippen LogP contribution in [0.4, 0.5) is 0 Å². The lowest BCUT2D eigenvalue weighted by Gasteiger charge is -2.28. The van der Waals surface area contributed by atoms with Crippen LogP contribution in [0.25, 0.3) is 0 Å². The highest BCUT2D eigenvalue weighted by Gasteiger charge is 2.19. The number of rotatable bonds is 7. The maximum Gasteiger partial charge on any atom is 0.0135 e. The molecule has 0 saturated carbocycles. The number of hydrogen-bond donors (Lipinski definition) is 1. The molecule has 0 aliphatic heterocycles. The predicted octanol–water partition coefficient (Wildman–Crippen LogP) is 4.20. The van der Waals surface area contributed by atoms with E-state index in [9.17, 15) is 0 Å². The van der Waals surface area contributed by atoms with Crippen molar-refractivity contribution in [2.24, 2.45) is 11.8 Å². The zero-order valence-corrected chi connectivity index (χ0v) is 12.7. The first-order valence-electron chi connectivity index (χ1n) is 7.33. The summed E-state index contributed by atoms with van der Waals surface area (Å²) in [6.07, 6.45) is 2.34. The summed E-state index contributed by atoms with van der Waals surface area (Å²) in [4.78, 5) is 0. The molecule has 1 rings (SSSR count). The van der Waals surface area contributed by atoms with Crippen molar-refractivity contribution in [2.45, 2.75) is 53.5 Å². The largest absolute Gasteiger partial charge is 0.313 e. The molecule has 0 amide bonds. The number of nitrogens with one attached hydrogen (secondary N) is 1. The monoisotopic (exact) mass is 247 g/mol. The second-order valence-corrected chi connectivity index (χ2v) is 5.86. The van der Waals surface area contributed by atoms with Crippen molar-refractivity contribution < 1.29 is 0 Å². The van der Waals surface area contributed by atoms with Gasteiger partial charge in [0.15, 0.2) is 0 Å². The summed E-state index contributed by atoms with van der Waals surface area (Å²) in [5, 5.41) is 3.72. The molecular formula is C17H29N. The van der Waals surface area contributed by atoms with E-state index in [1.165, 1.54) is 17.5 Å². The lowest BCUT2D eigenvalue weighted by atomic mass is 9.86. The van der Waals surface area contributed by atoms with E-state index >= 15 is 0 Å². The van der Waals surface area contributed by atoms with Crippen molar-refractivity contribution in [1.29, 1.82) is 0 Å². The van der Waals surface area contributed by atoms with Crippen LogP contribution in [0.5, 0.6) is 0 Å². The van der Waals surface area contributed by atoms with Gasteiger partial charge < -0.3 is 5.32 Å². The molecule has 1 aromatic carbocycles. The molecule has 2 atom stereocenters. The van der Waals surface area contributed by atoms with Gasteiger partial charge in [-0.05, 0) is 43.7 Å². The molecular weight excluding hydrogens is 218 g/mol. The van der Waals surface area contributed by atoms with Gasteiger partial charge in [-0.2, -0.15) is 0 Å². The van der Waals surface area contributed by atoms with Crippen LogP contribution < -0.4 is 5.32 Å². The fourth-order valence-electron chi connectivity index (χ4n) is 2.33.